The lowest BCUT2D eigenvalue weighted by molar-refractivity contribution is 0.205. The van der Waals surface area contributed by atoms with E-state index >= 15 is 0 Å². The molecule has 19 heavy (non-hydrogen) atoms. The van der Waals surface area contributed by atoms with Crippen molar-refractivity contribution in [3.63, 3.8) is 0 Å². The smallest absolute Gasteiger partial charge is 0.123 e. The predicted molar refractivity (Wildman–Crippen MR) is 68.1 cm³/mol. The van der Waals surface area contributed by atoms with Gasteiger partial charge in [-0.05, 0) is 42.0 Å². The number of aliphatic hydroxyl groups excluding tert-OH is 1. The maximum absolute atomic E-state index is 12.8. The Morgan fingerprint density at radius 3 is 1.95 bits per heavy atom. The van der Waals surface area contributed by atoms with Crippen LogP contribution < -0.4 is 4.74 Å². The fraction of sp³-hybridized carbons (Fsp3) is 0.200. The average molecular weight is 264 g/mol. The van der Waals surface area contributed by atoms with E-state index in [9.17, 15) is 13.9 Å². The zero-order valence-electron chi connectivity index (χ0n) is 10.2. The highest BCUT2D eigenvalue weighted by Gasteiger charge is 2.11. The minimum Gasteiger partial charge on any atom is -0.493 e. The van der Waals surface area contributed by atoms with Crippen LogP contribution in [0.5, 0.6) is 5.75 Å². The number of hydrogen-bond acceptors (Lipinski definition) is 2. The third kappa shape index (κ3) is 3.76. The Kier molecular flexibility index (Phi) is 4.47. The molecule has 0 spiro atoms. The van der Waals surface area contributed by atoms with Gasteiger partial charge in [-0.25, -0.2) is 8.78 Å². The van der Waals surface area contributed by atoms with Gasteiger partial charge in [-0.15, -0.1) is 0 Å². The lowest BCUT2D eigenvalue weighted by atomic mass is 10.0. The fourth-order valence-electron chi connectivity index (χ4n) is 1.72. The summed E-state index contributed by atoms with van der Waals surface area (Å²) in [7, 11) is 0. The number of rotatable bonds is 5. The Morgan fingerprint density at radius 1 is 0.895 bits per heavy atom. The molecule has 1 atom stereocenters. The number of ether oxygens (including phenoxy) is 1. The van der Waals surface area contributed by atoms with Gasteiger partial charge in [-0.2, -0.15) is 0 Å². The van der Waals surface area contributed by atoms with Crippen LogP contribution in [0.3, 0.4) is 0 Å². The molecule has 0 radical (unpaired) electrons. The summed E-state index contributed by atoms with van der Waals surface area (Å²) in [6, 6.07) is 11.6. The third-order valence-electron chi connectivity index (χ3n) is 2.83. The van der Waals surface area contributed by atoms with E-state index in [2.05, 4.69) is 0 Å². The molecule has 100 valence electrons. The standard InChI is InChI=1S/C15H14F2O2/c16-13-3-1-11(2-4-13)12(9-18)10-19-15-7-5-14(17)6-8-15/h1-8,12,18H,9-10H2. The molecule has 0 saturated carbocycles. The largest absolute Gasteiger partial charge is 0.493 e. The average Bonchev–Trinajstić information content (AvgIpc) is 2.43. The molecule has 2 nitrogen and oxygen atoms in total. The second kappa shape index (κ2) is 6.29. The molecule has 0 heterocycles. The van der Waals surface area contributed by atoms with Gasteiger partial charge in [0, 0.05) is 5.92 Å². The van der Waals surface area contributed by atoms with Crippen LogP contribution >= 0.6 is 0 Å². The highest BCUT2D eigenvalue weighted by Crippen LogP contribution is 2.19. The van der Waals surface area contributed by atoms with E-state index in [-0.39, 0.29) is 30.8 Å². The highest BCUT2D eigenvalue weighted by atomic mass is 19.1. The summed E-state index contributed by atoms with van der Waals surface area (Å²) >= 11 is 0. The highest BCUT2D eigenvalue weighted by molar-refractivity contribution is 5.24. The zero-order valence-corrected chi connectivity index (χ0v) is 10.2. The minimum absolute atomic E-state index is 0.104. The van der Waals surface area contributed by atoms with E-state index in [4.69, 9.17) is 4.74 Å². The third-order valence-corrected chi connectivity index (χ3v) is 2.83. The Morgan fingerprint density at radius 2 is 1.42 bits per heavy atom. The maximum Gasteiger partial charge on any atom is 0.123 e. The van der Waals surface area contributed by atoms with E-state index in [0.29, 0.717) is 5.75 Å². The quantitative estimate of drug-likeness (QED) is 0.899. The van der Waals surface area contributed by atoms with Crippen molar-refractivity contribution >= 4 is 0 Å². The van der Waals surface area contributed by atoms with E-state index in [1.165, 1.54) is 36.4 Å². The van der Waals surface area contributed by atoms with Crippen LogP contribution in [0.25, 0.3) is 0 Å². The second-order valence-corrected chi connectivity index (χ2v) is 4.20. The lowest BCUT2D eigenvalue weighted by Crippen LogP contribution is -2.14. The van der Waals surface area contributed by atoms with Crippen molar-refractivity contribution in [3.8, 4) is 5.75 Å². The molecule has 0 bridgehead atoms. The van der Waals surface area contributed by atoms with Gasteiger partial charge < -0.3 is 9.84 Å². The van der Waals surface area contributed by atoms with Crippen molar-refractivity contribution in [2.45, 2.75) is 5.92 Å². The minimum atomic E-state index is -0.329. The van der Waals surface area contributed by atoms with Crippen LogP contribution in [0.2, 0.25) is 0 Å². The van der Waals surface area contributed by atoms with Crippen molar-refractivity contribution in [3.05, 3.63) is 65.7 Å². The fourth-order valence-corrected chi connectivity index (χ4v) is 1.72. The Hall–Kier alpha value is -1.94. The molecule has 0 saturated heterocycles. The predicted octanol–water partition coefficient (Wildman–Crippen LogP) is 3.12. The number of aliphatic hydroxyl groups is 1. The van der Waals surface area contributed by atoms with E-state index in [1.54, 1.807) is 12.1 Å². The van der Waals surface area contributed by atoms with Crippen LogP contribution in [0.4, 0.5) is 8.78 Å². The van der Waals surface area contributed by atoms with Crippen molar-refractivity contribution in [2.24, 2.45) is 0 Å². The maximum atomic E-state index is 12.8. The van der Waals surface area contributed by atoms with Gasteiger partial charge in [0.15, 0.2) is 0 Å². The molecule has 0 aromatic heterocycles. The molecule has 0 aliphatic carbocycles. The van der Waals surface area contributed by atoms with E-state index in [1.807, 2.05) is 0 Å². The summed E-state index contributed by atoms with van der Waals surface area (Å²) in [5.74, 6) is -0.364. The van der Waals surface area contributed by atoms with Crippen LogP contribution in [-0.2, 0) is 0 Å². The molecule has 2 aromatic rings. The molecular formula is C15H14F2O2. The van der Waals surface area contributed by atoms with Crippen molar-refractivity contribution in [1.29, 1.82) is 0 Å². The molecule has 0 aliphatic heterocycles. The van der Waals surface area contributed by atoms with Crippen LogP contribution in [0.1, 0.15) is 11.5 Å². The first-order chi connectivity index (χ1) is 9.19. The van der Waals surface area contributed by atoms with Gasteiger partial charge in [0.2, 0.25) is 0 Å². The first-order valence-electron chi connectivity index (χ1n) is 5.93. The summed E-state index contributed by atoms with van der Waals surface area (Å²) in [5, 5.41) is 9.34. The van der Waals surface area contributed by atoms with E-state index < -0.39 is 0 Å². The van der Waals surface area contributed by atoms with Gasteiger partial charge in [0.05, 0.1) is 13.2 Å². The van der Waals surface area contributed by atoms with Crippen LogP contribution in [0.15, 0.2) is 48.5 Å². The van der Waals surface area contributed by atoms with Crippen LogP contribution in [0, 0.1) is 11.6 Å². The Labute approximate surface area is 110 Å². The number of halogens is 2. The summed E-state index contributed by atoms with van der Waals surface area (Å²) in [6.45, 7) is 0.139. The molecule has 2 aromatic carbocycles. The lowest BCUT2D eigenvalue weighted by Gasteiger charge is -2.15. The van der Waals surface area contributed by atoms with Gasteiger partial charge in [0.1, 0.15) is 17.4 Å². The zero-order chi connectivity index (χ0) is 13.7. The molecule has 4 heteroatoms. The van der Waals surface area contributed by atoms with E-state index in [0.717, 1.165) is 5.56 Å². The Bertz CT molecular complexity index is 509. The van der Waals surface area contributed by atoms with Gasteiger partial charge in [-0.1, -0.05) is 12.1 Å². The summed E-state index contributed by atoms with van der Waals surface area (Å²) in [6.07, 6.45) is 0. The molecule has 1 N–H and O–H groups in total. The molecule has 1 unspecified atom stereocenters. The molecule has 0 amide bonds. The topological polar surface area (TPSA) is 29.5 Å². The van der Waals surface area contributed by atoms with Gasteiger partial charge in [0.25, 0.3) is 0 Å². The first kappa shape index (κ1) is 13.5. The monoisotopic (exact) mass is 264 g/mol. The number of benzene rings is 2. The molecule has 0 aliphatic rings. The van der Waals surface area contributed by atoms with Crippen molar-refractivity contribution in [2.75, 3.05) is 13.2 Å². The normalized spacial score (nSPS) is 12.2. The summed E-state index contributed by atoms with van der Waals surface area (Å²) in [5.41, 5.74) is 0.797. The molecular weight excluding hydrogens is 250 g/mol. The van der Waals surface area contributed by atoms with Crippen LogP contribution in [-0.4, -0.2) is 18.3 Å². The van der Waals surface area contributed by atoms with Crippen molar-refractivity contribution in [1.82, 2.24) is 0 Å². The number of hydrogen-bond donors (Lipinski definition) is 1. The summed E-state index contributed by atoms with van der Waals surface area (Å²) < 4.78 is 31.0. The SMILES string of the molecule is OCC(COc1ccc(F)cc1)c1ccc(F)cc1. The summed E-state index contributed by atoms with van der Waals surface area (Å²) in [4.78, 5) is 0. The Balaban J connectivity index is 1.99. The molecule has 2 rings (SSSR count). The van der Waals surface area contributed by atoms with Gasteiger partial charge >= 0.3 is 0 Å². The first-order valence-corrected chi connectivity index (χ1v) is 5.93. The van der Waals surface area contributed by atoms with Crippen molar-refractivity contribution < 1.29 is 18.6 Å². The molecule has 0 fully saturated rings. The van der Waals surface area contributed by atoms with Gasteiger partial charge in [-0.3, -0.25) is 0 Å². The second-order valence-electron chi connectivity index (χ2n) is 4.20.